The second-order valence-electron chi connectivity index (χ2n) is 3.84. The fourth-order valence-corrected chi connectivity index (χ4v) is 2.32. The van der Waals surface area contributed by atoms with Crippen LogP contribution in [0.3, 0.4) is 0 Å². The van der Waals surface area contributed by atoms with Crippen LogP contribution in [0, 0.1) is 0 Å². The highest BCUT2D eigenvalue weighted by Crippen LogP contribution is 2.15. The second kappa shape index (κ2) is 7.16. The summed E-state index contributed by atoms with van der Waals surface area (Å²) in [6.07, 6.45) is 0. The maximum absolute atomic E-state index is 11.7. The number of methoxy groups -OCH3 is 1. The van der Waals surface area contributed by atoms with Gasteiger partial charge in [-0.15, -0.1) is 16.9 Å². The monoisotopic (exact) mass is 312 g/mol. The van der Waals surface area contributed by atoms with Crippen molar-refractivity contribution in [1.82, 2.24) is 15.2 Å². The molecule has 0 unspecified atom stereocenters. The Morgan fingerprint density at radius 1 is 1.45 bits per heavy atom. The first-order valence-electron chi connectivity index (χ1n) is 5.76. The molecule has 0 atom stereocenters. The first kappa shape index (κ1) is 14.7. The summed E-state index contributed by atoms with van der Waals surface area (Å²) in [7, 11) is 1.46. The van der Waals surface area contributed by atoms with Crippen LogP contribution in [0.4, 0.5) is 5.95 Å². The number of carbonyl (C=O) groups is 1. The number of H-pyrrole nitrogens is 1. The van der Waals surface area contributed by atoms with Crippen LogP contribution >= 0.6 is 23.4 Å². The zero-order valence-electron chi connectivity index (χ0n) is 10.7. The van der Waals surface area contributed by atoms with Crippen molar-refractivity contribution in [1.29, 1.82) is 0 Å². The number of nitrogens with zero attached hydrogens (tertiary/aromatic N) is 2. The first-order chi connectivity index (χ1) is 9.67. The molecular formula is C12H13ClN4O2S. The molecular weight excluding hydrogens is 300 g/mol. The van der Waals surface area contributed by atoms with Crippen molar-refractivity contribution in [2.45, 2.75) is 5.75 Å². The SMILES string of the molecule is COc1n[nH]c(NC(=O)CSCc2ccc(Cl)cc2)n1. The van der Waals surface area contributed by atoms with Crippen molar-refractivity contribution in [2.24, 2.45) is 0 Å². The topological polar surface area (TPSA) is 79.9 Å². The molecule has 20 heavy (non-hydrogen) atoms. The van der Waals surface area contributed by atoms with Gasteiger partial charge in [-0.1, -0.05) is 23.7 Å². The summed E-state index contributed by atoms with van der Waals surface area (Å²) in [5, 5.41) is 9.60. The minimum atomic E-state index is -0.150. The first-order valence-corrected chi connectivity index (χ1v) is 7.29. The van der Waals surface area contributed by atoms with E-state index in [2.05, 4.69) is 20.5 Å². The highest BCUT2D eigenvalue weighted by Gasteiger charge is 2.07. The van der Waals surface area contributed by atoms with Crippen LogP contribution < -0.4 is 10.1 Å². The standard InChI is InChI=1S/C12H13ClN4O2S/c1-19-12-15-11(16-17-12)14-10(18)7-20-6-8-2-4-9(13)5-3-8/h2-5H,6-7H2,1H3,(H2,14,15,16,17,18). The average molecular weight is 313 g/mol. The maximum Gasteiger partial charge on any atom is 0.336 e. The number of benzene rings is 1. The predicted octanol–water partition coefficient (Wildman–Crippen LogP) is 2.34. The molecule has 0 aliphatic carbocycles. The minimum absolute atomic E-state index is 0.150. The molecule has 6 nitrogen and oxygen atoms in total. The number of nitrogens with one attached hydrogen (secondary N) is 2. The van der Waals surface area contributed by atoms with Crippen molar-refractivity contribution in [3.05, 3.63) is 34.9 Å². The Bertz CT molecular complexity index is 573. The van der Waals surface area contributed by atoms with E-state index in [4.69, 9.17) is 16.3 Å². The molecule has 1 aromatic heterocycles. The number of aromatic nitrogens is 3. The average Bonchev–Trinajstić information content (AvgIpc) is 2.88. The fraction of sp³-hybridized carbons (Fsp3) is 0.250. The number of ether oxygens (including phenoxy) is 1. The van der Waals surface area contributed by atoms with E-state index in [-0.39, 0.29) is 17.9 Å². The van der Waals surface area contributed by atoms with Gasteiger partial charge < -0.3 is 4.74 Å². The van der Waals surface area contributed by atoms with E-state index in [0.29, 0.717) is 10.8 Å². The Labute approximate surface area is 125 Å². The van der Waals surface area contributed by atoms with Gasteiger partial charge in [-0.2, -0.15) is 4.98 Å². The second-order valence-corrected chi connectivity index (χ2v) is 5.26. The number of aromatic amines is 1. The van der Waals surface area contributed by atoms with Gasteiger partial charge in [0, 0.05) is 10.8 Å². The zero-order chi connectivity index (χ0) is 14.4. The molecule has 0 saturated carbocycles. The summed E-state index contributed by atoms with van der Waals surface area (Å²) in [5.74, 6) is 1.19. The van der Waals surface area contributed by atoms with E-state index in [0.717, 1.165) is 11.3 Å². The molecule has 0 aliphatic rings. The van der Waals surface area contributed by atoms with Gasteiger partial charge in [-0.05, 0) is 17.7 Å². The van der Waals surface area contributed by atoms with Gasteiger partial charge in [0.2, 0.25) is 11.9 Å². The van der Waals surface area contributed by atoms with Crippen LogP contribution in [-0.4, -0.2) is 34.0 Å². The van der Waals surface area contributed by atoms with E-state index in [1.54, 1.807) is 0 Å². The van der Waals surface area contributed by atoms with Crippen molar-refractivity contribution in [3.63, 3.8) is 0 Å². The molecule has 2 rings (SSSR count). The number of anilines is 1. The molecule has 2 N–H and O–H groups in total. The smallest absolute Gasteiger partial charge is 0.336 e. The summed E-state index contributed by atoms with van der Waals surface area (Å²) in [6, 6.07) is 7.73. The molecule has 0 fully saturated rings. The quantitative estimate of drug-likeness (QED) is 0.856. The van der Waals surface area contributed by atoms with Crippen LogP contribution in [0.25, 0.3) is 0 Å². The maximum atomic E-state index is 11.7. The van der Waals surface area contributed by atoms with E-state index in [1.165, 1.54) is 18.9 Å². The lowest BCUT2D eigenvalue weighted by Crippen LogP contribution is -2.15. The molecule has 1 heterocycles. The molecule has 0 radical (unpaired) electrons. The summed E-state index contributed by atoms with van der Waals surface area (Å²) in [5.41, 5.74) is 1.12. The summed E-state index contributed by atoms with van der Waals surface area (Å²) >= 11 is 7.31. The lowest BCUT2D eigenvalue weighted by Gasteiger charge is -2.02. The number of rotatable bonds is 6. The molecule has 1 amide bonds. The predicted molar refractivity (Wildman–Crippen MR) is 79.2 cm³/mol. The molecule has 0 aliphatic heterocycles. The number of amides is 1. The van der Waals surface area contributed by atoms with Gasteiger partial charge in [0.1, 0.15) is 0 Å². The lowest BCUT2D eigenvalue weighted by molar-refractivity contribution is -0.113. The van der Waals surface area contributed by atoms with Gasteiger partial charge in [-0.3, -0.25) is 10.1 Å². The van der Waals surface area contributed by atoms with Gasteiger partial charge in [0.15, 0.2) is 0 Å². The molecule has 0 saturated heterocycles. The Balaban J connectivity index is 1.73. The third kappa shape index (κ3) is 4.43. The molecule has 2 aromatic rings. The van der Waals surface area contributed by atoms with Gasteiger partial charge in [0.25, 0.3) is 0 Å². The van der Waals surface area contributed by atoms with E-state index < -0.39 is 0 Å². The minimum Gasteiger partial charge on any atom is -0.466 e. The van der Waals surface area contributed by atoms with Crippen LogP contribution in [-0.2, 0) is 10.5 Å². The highest BCUT2D eigenvalue weighted by molar-refractivity contribution is 7.99. The number of hydrogen-bond acceptors (Lipinski definition) is 5. The zero-order valence-corrected chi connectivity index (χ0v) is 12.3. The van der Waals surface area contributed by atoms with Crippen molar-refractivity contribution < 1.29 is 9.53 Å². The Hall–Kier alpha value is -1.73. The summed E-state index contributed by atoms with van der Waals surface area (Å²) in [6.45, 7) is 0. The molecule has 8 heteroatoms. The van der Waals surface area contributed by atoms with Gasteiger partial charge in [-0.25, -0.2) is 5.10 Å². The Morgan fingerprint density at radius 3 is 2.85 bits per heavy atom. The van der Waals surface area contributed by atoms with Crippen LogP contribution in [0.5, 0.6) is 6.01 Å². The summed E-state index contributed by atoms with van der Waals surface area (Å²) < 4.78 is 4.80. The highest BCUT2D eigenvalue weighted by atomic mass is 35.5. The van der Waals surface area contributed by atoms with E-state index in [1.807, 2.05) is 24.3 Å². The molecule has 0 bridgehead atoms. The normalized spacial score (nSPS) is 10.3. The number of halogens is 1. The van der Waals surface area contributed by atoms with E-state index in [9.17, 15) is 4.79 Å². The number of hydrogen-bond donors (Lipinski definition) is 2. The van der Waals surface area contributed by atoms with E-state index >= 15 is 0 Å². The fourth-order valence-electron chi connectivity index (χ4n) is 1.40. The molecule has 106 valence electrons. The van der Waals surface area contributed by atoms with Gasteiger partial charge in [0.05, 0.1) is 12.9 Å². The number of carbonyl (C=O) groups excluding carboxylic acids is 1. The third-order valence-electron chi connectivity index (χ3n) is 2.32. The van der Waals surface area contributed by atoms with Gasteiger partial charge >= 0.3 is 6.01 Å². The Kier molecular flexibility index (Phi) is 5.25. The molecule has 0 spiro atoms. The molecule has 1 aromatic carbocycles. The van der Waals surface area contributed by atoms with Crippen molar-refractivity contribution in [3.8, 4) is 6.01 Å². The van der Waals surface area contributed by atoms with Crippen molar-refractivity contribution in [2.75, 3.05) is 18.2 Å². The largest absolute Gasteiger partial charge is 0.466 e. The number of thioether (sulfide) groups is 1. The van der Waals surface area contributed by atoms with Crippen LogP contribution in [0.1, 0.15) is 5.56 Å². The lowest BCUT2D eigenvalue weighted by atomic mass is 10.2. The summed E-state index contributed by atoms with van der Waals surface area (Å²) in [4.78, 5) is 15.6. The van der Waals surface area contributed by atoms with Crippen molar-refractivity contribution >= 4 is 35.2 Å². The van der Waals surface area contributed by atoms with Crippen LogP contribution in [0.15, 0.2) is 24.3 Å². The Morgan fingerprint density at radius 2 is 2.20 bits per heavy atom. The third-order valence-corrected chi connectivity index (χ3v) is 3.58. The van der Waals surface area contributed by atoms with Crippen LogP contribution in [0.2, 0.25) is 5.02 Å².